The summed E-state index contributed by atoms with van der Waals surface area (Å²) < 4.78 is 17.2. The van der Waals surface area contributed by atoms with E-state index in [1.54, 1.807) is 66.7 Å². The van der Waals surface area contributed by atoms with E-state index in [-0.39, 0.29) is 12.5 Å². The van der Waals surface area contributed by atoms with Crippen LogP contribution in [0.3, 0.4) is 0 Å². The third-order valence-corrected chi connectivity index (χ3v) is 5.74. The number of aromatic nitrogens is 1. The summed E-state index contributed by atoms with van der Waals surface area (Å²) in [6.07, 6.45) is 0. The first-order valence-corrected chi connectivity index (χ1v) is 11.1. The van der Waals surface area contributed by atoms with Crippen molar-refractivity contribution in [3.8, 4) is 17.2 Å². The molecule has 1 aliphatic heterocycles. The molecular weight excluding hydrogens is 488 g/mol. The summed E-state index contributed by atoms with van der Waals surface area (Å²) in [7, 11) is 1.46. The van der Waals surface area contributed by atoms with Gasteiger partial charge in [0.05, 0.1) is 17.8 Å². The molecule has 0 saturated heterocycles. The minimum Gasteiger partial charge on any atom is -0.494 e. The first-order valence-electron chi connectivity index (χ1n) is 10.7. The second-order valence-corrected chi connectivity index (χ2v) is 8.07. The first-order chi connectivity index (χ1) is 17.4. The van der Waals surface area contributed by atoms with Crippen molar-refractivity contribution in [3.63, 3.8) is 0 Å². The van der Waals surface area contributed by atoms with Crippen LogP contribution in [0, 0.1) is 0 Å². The van der Waals surface area contributed by atoms with Crippen molar-refractivity contribution in [2.75, 3.05) is 30.0 Å². The lowest BCUT2D eigenvalue weighted by Gasteiger charge is -2.14. The standard InChI is InChI=1S/C25H19ClN4O6/c1-34-20-8-4-5-14-11-18(23(31)28-17-7-3-2-6-16(17)26)30(22(14)20)29-25(33)24(32)27-15-9-10-19-21(12-15)36-13-35-19/h2-12H,13H2,1H3,(H,27,32)(H,28,31)(H,29,33). The number of hydrogen-bond donors (Lipinski definition) is 3. The fourth-order valence-corrected chi connectivity index (χ4v) is 3.92. The Morgan fingerprint density at radius 3 is 2.53 bits per heavy atom. The van der Waals surface area contributed by atoms with Crippen LogP contribution in [-0.2, 0) is 9.59 Å². The number of carbonyl (C=O) groups excluding carboxylic acids is 3. The molecule has 0 bridgehead atoms. The van der Waals surface area contributed by atoms with Crippen LogP contribution in [0.15, 0.2) is 66.7 Å². The van der Waals surface area contributed by atoms with E-state index in [1.807, 2.05) is 0 Å². The van der Waals surface area contributed by atoms with Crippen LogP contribution in [0.25, 0.3) is 10.9 Å². The molecular formula is C25H19ClN4O6. The van der Waals surface area contributed by atoms with Crippen LogP contribution >= 0.6 is 11.6 Å². The summed E-state index contributed by atoms with van der Waals surface area (Å²) in [6.45, 7) is 0.0782. The molecule has 1 aliphatic rings. The van der Waals surface area contributed by atoms with Gasteiger partial charge in [0, 0.05) is 17.1 Å². The maximum Gasteiger partial charge on any atom is 0.328 e. The maximum absolute atomic E-state index is 13.2. The van der Waals surface area contributed by atoms with Crippen LogP contribution in [0.2, 0.25) is 5.02 Å². The Morgan fingerprint density at radius 2 is 1.72 bits per heavy atom. The maximum atomic E-state index is 13.2. The third-order valence-electron chi connectivity index (χ3n) is 5.41. The zero-order valence-electron chi connectivity index (χ0n) is 18.8. The van der Waals surface area contributed by atoms with E-state index in [0.29, 0.717) is 44.5 Å². The number of methoxy groups -OCH3 is 1. The summed E-state index contributed by atoms with van der Waals surface area (Å²) in [5, 5.41) is 6.18. The van der Waals surface area contributed by atoms with Gasteiger partial charge in [0.15, 0.2) is 11.5 Å². The molecule has 0 radical (unpaired) electrons. The third kappa shape index (κ3) is 4.37. The number of hydrogen-bond acceptors (Lipinski definition) is 6. The molecule has 2 heterocycles. The van der Waals surface area contributed by atoms with E-state index in [2.05, 4.69) is 16.1 Å². The normalized spacial score (nSPS) is 11.7. The van der Waals surface area contributed by atoms with Crippen LogP contribution in [0.4, 0.5) is 11.4 Å². The van der Waals surface area contributed by atoms with Crippen molar-refractivity contribution in [2.45, 2.75) is 0 Å². The zero-order valence-corrected chi connectivity index (χ0v) is 19.6. The summed E-state index contributed by atoms with van der Waals surface area (Å²) in [5.74, 6) is -1.14. The molecule has 0 aliphatic carbocycles. The average molecular weight is 507 g/mol. The van der Waals surface area contributed by atoms with Crippen LogP contribution in [0.1, 0.15) is 10.5 Å². The van der Waals surface area contributed by atoms with E-state index < -0.39 is 17.7 Å². The van der Waals surface area contributed by atoms with Crippen molar-refractivity contribution in [1.29, 1.82) is 0 Å². The number of para-hydroxylation sites is 2. The largest absolute Gasteiger partial charge is 0.494 e. The number of amides is 3. The molecule has 0 fully saturated rings. The molecule has 11 heteroatoms. The number of carbonyl (C=O) groups is 3. The molecule has 36 heavy (non-hydrogen) atoms. The van der Waals surface area contributed by atoms with Gasteiger partial charge in [-0.2, -0.15) is 0 Å². The van der Waals surface area contributed by atoms with Crippen molar-refractivity contribution in [3.05, 3.63) is 77.4 Å². The van der Waals surface area contributed by atoms with Crippen LogP contribution < -0.4 is 30.3 Å². The van der Waals surface area contributed by atoms with Crippen molar-refractivity contribution in [1.82, 2.24) is 4.68 Å². The number of fused-ring (bicyclic) bond motifs is 2. The highest BCUT2D eigenvalue weighted by Gasteiger charge is 2.24. The lowest BCUT2D eigenvalue weighted by Crippen LogP contribution is -2.36. The number of halogens is 1. The van der Waals surface area contributed by atoms with Gasteiger partial charge in [-0.3, -0.25) is 19.8 Å². The van der Waals surface area contributed by atoms with E-state index in [0.717, 1.165) is 0 Å². The highest BCUT2D eigenvalue weighted by molar-refractivity contribution is 6.42. The number of nitrogens with zero attached hydrogens (tertiary/aromatic N) is 1. The summed E-state index contributed by atoms with van der Waals surface area (Å²) in [6, 6.07) is 18.2. The Morgan fingerprint density at radius 1 is 0.917 bits per heavy atom. The molecule has 3 N–H and O–H groups in total. The second kappa shape index (κ2) is 9.51. The second-order valence-electron chi connectivity index (χ2n) is 7.66. The van der Waals surface area contributed by atoms with E-state index >= 15 is 0 Å². The van der Waals surface area contributed by atoms with E-state index in [9.17, 15) is 14.4 Å². The smallest absolute Gasteiger partial charge is 0.328 e. The quantitative estimate of drug-likeness (QED) is 0.352. The van der Waals surface area contributed by atoms with Crippen molar-refractivity contribution >= 4 is 51.6 Å². The lowest BCUT2D eigenvalue weighted by atomic mass is 10.2. The molecule has 0 unspecified atom stereocenters. The average Bonchev–Trinajstić information content (AvgIpc) is 3.49. The molecule has 3 aromatic carbocycles. The molecule has 0 saturated carbocycles. The molecule has 182 valence electrons. The van der Waals surface area contributed by atoms with Gasteiger partial charge >= 0.3 is 11.8 Å². The van der Waals surface area contributed by atoms with Crippen molar-refractivity contribution in [2.24, 2.45) is 0 Å². The van der Waals surface area contributed by atoms with Gasteiger partial charge in [-0.15, -0.1) is 0 Å². The minimum absolute atomic E-state index is 0.0543. The molecule has 3 amide bonds. The Bertz CT molecular complexity index is 1520. The number of benzene rings is 3. The van der Waals surface area contributed by atoms with Crippen molar-refractivity contribution < 1.29 is 28.6 Å². The Balaban J connectivity index is 1.44. The number of ether oxygens (including phenoxy) is 3. The highest BCUT2D eigenvalue weighted by Crippen LogP contribution is 2.34. The fraction of sp³-hybridized carbons (Fsp3) is 0.0800. The van der Waals surface area contributed by atoms with Crippen LogP contribution in [0.5, 0.6) is 17.2 Å². The first kappa shape index (κ1) is 23.1. The summed E-state index contributed by atoms with van der Waals surface area (Å²) >= 11 is 6.18. The number of rotatable bonds is 5. The van der Waals surface area contributed by atoms with Gasteiger partial charge in [0.2, 0.25) is 6.79 Å². The zero-order chi connectivity index (χ0) is 25.2. The van der Waals surface area contributed by atoms with Gasteiger partial charge in [0.1, 0.15) is 17.0 Å². The predicted molar refractivity (Wildman–Crippen MR) is 133 cm³/mol. The topological polar surface area (TPSA) is 120 Å². The molecule has 10 nitrogen and oxygen atoms in total. The molecule has 5 rings (SSSR count). The SMILES string of the molecule is COc1cccc2cc(C(=O)Nc3ccccc3Cl)n(NC(=O)C(=O)Nc3ccc4c(c3)OCO4)c12. The number of anilines is 2. The van der Waals surface area contributed by atoms with E-state index in [4.69, 9.17) is 25.8 Å². The fourth-order valence-electron chi connectivity index (χ4n) is 3.74. The lowest BCUT2D eigenvalue weighted by molar-refractivity contribution is -0.133. The van der Waals surface area contributed by atoms with Gasteiger partial charge < -0.3 is 24.8 Å². The van der Waals surface area contributed by atoms with E-state index in [1.165, 1.54) is 11.8 Å². The summed E-state index contributed by atoms with van der Waals surface area (Å²) in [5.41, 5.74) is 3.68. The van der Waals surface area contributed by atoms with Gasteiger partial charge in [0.25, 0.3) is 5.91 Å². The Hall–Kier alpha value is -4.70. The number of nitrogens with one attached hydrogen (secondary N) is 3. The van der Waals surface area contributed by atoms with Crippen LogP contribution in [-0.4, -0.2) is 36.3 Å². The molecule has 0 spiro atoms. The minimum atomic E-state index is -1.01. The van der Waals surface area contributed by atoms with Gasteiger partial charge in [-0.1, -0.05) is 35.9 Å². The highest BCUT2D eigenvalue weighted by atomic mass is 35.5. The Labute approximate surface area is 209 Å². The van der Waals surface area contributed by atoms with Gasteiger partial charge in [-0.25, -0.2) is 4.68 Å². The Kier molecular flexibility index (Phi) is 6.09. The molecule has 0 atom stereocenters. The monoisotopic (exact) mass is 506 g/mol. The predicted octanol–water partition coefficient (Wildman–Crippen LogP) is 3.99. The van der Waals surface area contributed by atoms with Gasteiger partial charge in [-0.05, 0) is 36.4 Å². The molecule has 1 aromatic heterocycles. The molecule has 4 aromatic rings. The summed E-state index contributed by atoms with van der Waals surface area (Å²) in [4.78, 5) is 38.8.